The molecule has 0 atom stereocenters. The molecule has 0 unspecified atom stereocenters. The summed E-state index contributed by atoms with van der Waals surface area (Å²) in [4.78, 5) is 27.4. The van der Waals surface area contributed by atoms with Gasteiger partial charge in [0.2, 0.25) is 10.0 Å². The first-order chi connectivity index (χ1) is 16.0. The molecule has 1 N–H and O–H groups in total. The Morgan fingerprint density at radius 1 is 1.03 bits per heavy atom. The summed E-state index contributed by atoms with van der Waals surface area (Å²) in [6.07, 6.45) is -4.44. The van der Waals surface area contributed by atoms with Crippen LogP contribution in [0.15, 0.2) is 53.4 Å². The Labute approximate surface area is 195 Å². The van der Waals surface area contributed by atoms with Crippen LogP contribution in [0.3, 0.4) is 0 Å². The number of piperazine rings is 1. The maximum absolute atomic E-state index is 12.9. The third kappa shape index (κ3) is 6.70. The monoisotopic (exact) mass is 499 g/mol. The van der Waals surface area contributed by atoms with Gasteiger partial charge in [0.25, 0.3) is 5.91 Å². The average Bonchev–Trinajstić information content (AvgIpc) is 2.81. The fourth-order valence-corrected chi connectivity index (χ4v) is 4.30. The highest BCUT2D eigenvalue weighted by Gasteiger charge is 2.31. The van der Waals surface area contributed by atoms with Gasteiger partial charge in [-0.1, -0.05) is 23.8 Å². The van der Waals surface area contributed by atoms with E-state index in [9.17, 15) is 31.2 Å². The van der Waals surface area contributed by atoms with E-state index in [0.29, 0.717) is 18.8 Å². The topological polar surface area (TPSA) is 96.0 Å². The molecule has 1 amide bonds. The molecule has 34 heavy (non-hydrogen) atoms. The van der Waals surface area contributed by atoms with Gasteiger partial charge in [0, 0.05) is 31.9 Å². The molecule has 0 aliphatic carbocycles. The van der Waals surface area contributed by atoms with E-state index in [1.165, 1.54) is 23.1 Å². The van der Waals surface area contributed by atoms with Crippen LogP contribution in [0.5, 0.6) is 0 Å². The van der Waals surface area contributed by atoms with E-state index in [-0.39, 0.29) is 18.0 Å². The lowest BCUT2D eigenvalue weighted by molar-refractivity contribution is -0.151. The second-order valence-corrected chi connectivity index (χ2v) is 9.48. The molecule has 1 aliphatic heterocycles. The first-order valence-corrected chi connectivity index (χ1v) is 11.9. The van der Waals surface area contributed by atoms with Crippen LogP contribution in [0.2, 0.25) is 0 Å². The van der Waals surface area contributed by atoms with Gasteiger partial charge in [-0.2, -0.15) is 17.9 Å². The number of ether oxygens (including phenoxy) is 1. The SMILES string of the molecule is Cc1ccc(S(=O)(=O)NCC(=O)OCC(=O)N2CCN(c3cccc(C(F)(F)F)c3)CC2)cc1. The van der Waals surface area contributed by atoms with Crippen molar-refractivity contribution < 1.29 is 35.9 Å². The predicted molar refractivity (Wildman–Crippen MR) is 118 cm³/mol. The predicted octanol–water partition coefficient (Wildman–Crippen LogP) is 2.18. The first-order valence-electron chi connectivity index (χ1n) is 10.4. The maximum atomic E-state index is 12.9. The quantitative estimate of drug-likeness (QED) is 0.587. The van der Waals surface area contributed by atoms with E-state index >= 15 is 0 Å². The Morgan fingerprint density at radius 2 is 1.68 bits per heavy atom. The van der Waals surface area contributed by atoms with Gasteiger partial charge in [0.15, 0.2) is 6.61 Å². The highest BCUT2D eigenvalue weighted by Crippen LogP contribution is 2.31. The van der Waals surface area contributed by atoms with Crippen LogP contribution in [0.4, 0.5) is 18.9 Å². The Kier molecular flexibility index (Phi) is 7.82. The van der Waals surface area contributed by atoms with Gasteiger partial charge in [-0.15, -0.1) is 0 Å². The minimum absolute atomic E-state index is 0.000572. The minimum Gasteiger partial charge on any atom is -0.455 e. The van der Waals surface area contributed by atoms with Gasteiger partial charge in [-0.3, -0.25) is 9.59 Å². The second-order valence-electron chi connectivity index (χ2n) is 7.71. The summed E-state index contributed by atoms with van der Waals surface area (Å²) in [5, 5.41) is 0. The van der Waals surface area contributed by atoms with Crippen molar-refractivity contribution in [2.24, 2.45) is 0 Å². The summed E-state index contributed by atoms with van der Waals surface area (Å²) in [5.41, 5.74) is 0.551. The molecular weight excluding hydrogens is 475 g/mol. The molecular formula is C22H24F3N3O5S. The zero-order valence-electron chi connectivity index (χ0n) is 18.3. The van der Waals surface area contributed by atoms with E-state index in [0.717, 1.165) is 17.7 Å². The summed E-state index contributed by atoms with van der Waals surface area (Å²) in [5.74, 6) is -1.38. The lowest BCUT2D eigenvalue weighted by Gasteiger charge is -2.36. The molecule has 2 aromatic carbocycles. The molecule has 0 saturated carbocycles. The van der Waals surface area contributed by atoms with Crippen LogP contribution >= 0.6 is 0 Å². The first kappa shape index (κ1) is 25.5. The highest BCUT2D eigenvalue weighted by molar-refractivity contribution is 7.89. The number of hydrogen-bond acceptors (Lipinski definition) is 6. The second kappa shape index (κ2) is 10.4. The largest absolute Gasteiger partial charge is 0.455 e. The molecule has 3 rings (SSSR count). The molecule has 1 fully saturated rings. The molecule has 1 aliphatic rings. The smallest absolute Gasteiger partial charge is 0.416 e. The van der Waals surface area contributed by atoms with Crippen molar-refractivity contribution in [2.45, 2.75) is 18.0 Å². The molecule has 184 valence electrons. The summed E-state index contributed by atoms with van der Waals surface area (Å²) in [6.45, 7) is 1.74. The van der Waals surface area contributed by atoms with Crippen molar-refractivity contribution >= 4 is 27.6 Å². The summed E-state index contributed by atoms with van der Waals surface area (Å²) >= 11 is 0. The number of carbonyl (C=O) groups is 2. The molecule has 2 aromatic rings. The third-order valence-corrected chi connectivity index (χ3v) is 6.68. The Hall–Kier alpha value is -3.12. The summed E-state index contributed by atoms with van der Waals surface area (Å²) < 4.78 is 70.2. The number of alkyl halides is 3. The van der Waals surface area contributed by atoms with Crippen molar-refractivity contribution in [3.8, 4) is 0 Å². The Bertz CT molecular complexity index is 1130. The maximum Gasteiger partial charge on any atom is 0.416 e. The fourth-order valence-electron chi connectivity index (χ4n) is 3.33. The van der Waals surface area contributed by atoms with Crippen LogP contribution in [-0.2, 0) is 30.5 Å². The molecule has 0 radical (unpaired) electrons. The van der Waals surface area contributed by atoms with E-state index < -0.39 is 46.8 Å². The fraction of sp³-hybridized carbons (Fsp3) is 0.364. The Balaban J connectivity index is 1.44. The molecule has 8 nitrogen and oxygen atoms in total. The van der Waals surface area contributed by atoms with Crippen LogP contribution < -0.4 is 9.62 Å². The molecule has 1 heterocycles. The van der Waals surface area contributed by atoms with E-state index in [2.05, 4.69) is 4.72 Å². The molecule has 12 heteroatoms. The van der Waals surface area contributed by atoms with Gasteiger partial charge >= 0.3 is 12.1 Å². The number of sulfonamides is 1. The number of nitrogens with zero attached hydrogens (tertiary/aromatic N) is 2. The van der Waals surface area contributed by atoms with Crippen LogP contribution in [-0.4, -0.2) is 64.5 Å². The summed E-state index contributed by atoms with van der Waals surface area (Å²) in [7, 11) is -3.90. The number of nitrogens with one attached hydrogen (secondary N) is 1. The normalized spacial score (nSPS) is 14.7. The zero-order valence-corrected chi connectivity index (χ0v) is 19.2. The van der Waals surface area contributed by atoms with Gasteiger partial charge in [0.1, 0.15) is 6.54 Å². The van der Waals surface area contributed by atoms with E-state index in [1.807, 2.05) is 6.92 Å². The van der Waals surface area contributed by atoms with E-state index in [4.69, 9.17) is 4.74 Å². The van der Waals surface area contributed by atoms with Gasteiger partial charge in [-0.05, 0) is 37.3 Å². The van der Waals surface area contributed by atoms with Crippen molar-refractivity contribution in [1.82, 2.24) is 9.62 Å². The molecule has 0 aromatic heterocycles. The number of anilines is 1. The third-order valence-electron chi connectivity index (χ3n) is 5.27. The standard InChI is InChI=1S/C22H24F3N3O5S/c1-16-5-7-19(8-6-16)34(31,32)26-14-21(30)33-15-20(29)28-11-9-27(10-12-28)18-4-2-3-17(13-18)22(23,24)25/h2-8,13,26H,9-12,14-15H2,1H3. The zero-order chi connectivity index (χ0) is 24.9. The summed E-state index contributed by atoms with van der Waals surface area (Å²) in [6, 6.07) is 11.0. The van der Waals surface area contributed by atoms with Gasteiger partial charge < -0.3 is 14.5 Å². The molecule has 0 bridgehead atoms. The van der Waals surface area contributed by atoms with Crippen LogP contribution in [0.25, 0.3) is 0 Å². The highest BCUT2D eigenvalue weighted by atomic mass is 32.2. The Morgan fingerprint density at radius 3 is 2.29 bits per heavy atom. The number of amides is 1. The van der Waals surface area contributed by atoms with Crippen molar-refractivity contribution in [2.75, 3.05) is 44.2 Å². The number of benzene rings is 2. The van der Waals surface area contributed by atoms with Crippen molar-refractivity contribution in [3.63, 3.8) is 0 Å². The number of carbonyl (C=O) groups excluding carboxylic acids is 2. The van der Waals surface area contributed by atoms with Gasteiger partial charge in [0.05, 0.1) is 10.5 Å². The van der Waals surface area contributed by atoms with Gasteiger partial charge in [-0.25, -0.2) is 8.42 Å². The lowest BCUT2D eigenvalue weighted by atomic mass is 10.1. The number of halogens is 3. The lowest BCUT2D eigenvalue weighted by Crippen LogP contribution is -2.50. The van der Waals surface area contributed by atoms with E-state index in [1.54, 1.807) is 23.1 Å². The minimum atomic E-state index is -4.44. The number of esters is 1. The molecule has 1 saturated heterocycles. The van der Waals surface area contributed by atoms with Crippen molar-refractivity contribution in [3.05, 3.63) is 59.7 Å². The van der Waals surface area contributed by atoms with Crippen LogP contribution in [0.1, 0.15) is 11.1 Å². The van der Waals surface area contributed by atoms with Crippen molar-refractivity contribution in [1.29, 1.82) is 0 Å². The van der Waals surface area contributed by atoms with Crippen LogP contribution in [0, 0.1) is 6.92 Å². The number of hydrogen-bond donors (Lipinski definition) is 1. The molecule has 0 spiro atoms. The number of rotatable bonds is 7. The average molecular weight is 500 g/mol. The number of aryl methyl sites for hydroxylation is 1.